The van der Waals surface area contributed by atoms with E-state index in [0.717, 1.165) is 12.2 Å². The first-order valence-electron chi connectivity index (χ1n) is 6.84. The van der Waals surface area contributed by atoms with E-state index in [-0.39, 0.29) is 5.92 Å². The molecule has 1 aromatic carbocycles. The summed E-state index contributed by atoms with van der Waals surface area (Å²) in [5.74, 6) is 1.74. The lowest BCUT2D eigenvalue weighted by molar-refractivity contribution is 0.145. The van der Waals surface area contributed by atoms with Gasteiger partial charge in [0.15, 0.2) is 0 Å². The number of fused-ring (bicyclic) bond motifs is 1. The van der Waals surface area contributed by atoms with E-state index in [2.05, 4.69) is 11.2 Å². The number of nitrogens with zero attached hydrogens (tertiary/aromatic N) is 2. The summed E-state index contributed by atoms with van der Waals surface area (Å²) in [6, 6.07) is 8.02. The molecule has 0 spiro atoms. The summed E-state index contributed by atoms with van der Waals surface area (Å²) in [6.45, 7) is 0.691. The first-order valence-corrected chi connectivity index (χ1v) is 6.84. The Morgan fingerprint density at radius 1 is 1.50 bits per heavy atom. The molecular formula is C15H19N3O2. The molecule has 0 fully saturated rings. The van der Waals surface area contributed by atoms with E-state index in [4.69, 9.17) is 10.5 Å². The van der Waals surface area contributed by atoms with Crippen LogP contribution >= 0.6 is 0 Å². The molecule has 1 aromatic heterocycles. The zero-order chi connectivity index (χ0) is 14.1. The second-order valence-electron chi connectivity index (χ2n) is 5.23. The van der Waals surface area contributed by atoms with Gasteiger partial charge in [0.25, 0.3) is 0 Å². The fraction of sp³-hybridized carbons (Fsp3) is 0.400. The molecule has 1 aliphatic rings. The van der Waals surface area contributed by atoms with Crippen molar-refractivity contribution in [2.24, 2.45) is 7.05 Å². The third-order valence-electron chi connectivity index (χ3n) is 3.96. The fourth-order valence-electron chi connectivity index (χ4n) is 2.78. The fourth-order valence-corrected chi connectivity index (χ4v) is 2.78. The van der Waals surface area contributed by atoms with Gasteiger partial charge in [0, 0.05) is 12.6 Å². The Bertz CT molecular complexity index is 609. The Balaban J connectivity index is 1.80. The van der Waals surface area contributed by atoms with Crippen LogP contribution in [-0.4, -0.2) is 21.5 Å². The number of aliphatic hydroxyl groups is 1. The number of nitrogen functional groups attached to an aromatic ring is 1. The van der Waals surface area contributed by atoms with E-state index in [0.29, 0.717) is 24.4 Å². The second kappa shape index (κ2) is 5.17. The predicted molar refractivity (Wildman–Crippen MR) is 76.5 cm³/mol. The van der Waals surface area contributed by atoms with Gasteiger partial charge in [0.05, 0.1) is 18.9 Å². The highest BCUT2D eigenvalue weighted by atomic mass is 16.5. The average Bonchev–Trinajstić information content (AvgIpc) is 2.79. The van der Waals surface area contributed by atoms with E-state index in [1.54, 1.807) is 17.9 Å². The topological polar surface area (TPSA) is 73.3 Å². The molecule has 3 rings (SSSR count). The smallest absolute Gasteiger partial charge is 0.127 e. The molecule has 20 heavy (non-hydrogen) atoms. The van der Waals surface area contributed by atoms with Gasteiger partial charge in [0.2, 0.25) is 0 Å². The molecular weight excluding hydrogens is 254 g/mol. The SMILES string of the molecule is Cn1ncc(C(O)CC2CCOc3ccccc32)c1N. The van der Waals surface area contributed by atoms with E-state index in [9.17, 15) is 5.11 Å². The van der Waals surface area contributed by atoms with Crippen molar-refractivity contribution < 1.29 is 9.84 Å². The van der Waals surface area contributed by atoms with Crippen LogP contribution in [0.3, 0.4) is 0 Å². The number of hydrogen-bond acceptors (Lipinski definition) is 4. The highest BCUT2D eigenvalue weighted by Gasteiger charge is 2.25. The quantitative estimate of drug-likeness (QED) is 0.897. The molecule has 0 aliphatic carbocycles. The Hall–Kier alpha value is -2.01. The molecule has 2 atom stereocenters. The summed E-state index contributed by atoms with van der Waals surface area (Å²) < 4.78 is 7.23. The van der Waals surface area contributed by atoms with Crippen LogP contribution in [0.2, 0.25) is 0 Å². The molecule has 2 aromatic rings. The summed E-state index contributed by atoms with van der Waals surface area (Å²) in [6.07, 6.45) is 2.59. The number of nitrogens with two attached hydrogens (primary N) is 1. The minimum Gasteiger partial charge on any atom is -0.493 e. The molecule has 0 radical (unpaired) electrons. The van der Waals surface area contributed by atoms with Crippen LogP contribution in [0, 0.1) is 0 Å². The van der Waals surface area contributed by atoms with E-state index in [1.807, 2.05) is 18.2 Å². The van der Waals surface area contributed by atoms with E-state index in [1.165, 1.54) is 5.56 Å². The number of aliphatic hydroxyl groups excluding tert-OH is 1. The van der Waals surface area contributed by atoms with Crippen LogP contribution in [0.1, 0.15) is 36.0 Å². The molecule has 106 valence electrons. The highest BCUT2D eigenvalue weighted by Crippen LogP contribution is 2.39. The number of hydrogen-bond donors (Lipinski definition) is 2. The number of para-hydroxylation sites is 1. The maximum Gasteiger partial charge on any atom is 0.127 e. The standard InChI is InChI=1S/C15H19N3O2/c1-18-15(16)12(9-17-18)13(19)8-10-6-7-20-14-5-3-2-4-11(10)14/h2-5,9-10,13,19H,6-8,16H2,1H3. The third kappa shape index (κ3) is 2.25. The zero-order valence-electron chi connectivity index (χ0n) is 11.5. The van der Waals surface area contributed by atoms with Crippen LogP contribution in [-0.2, 0) is 7.05 Å². The van der Waals surface area contributed by atoms with Crippen molar-refractivity contribution in [1.29, 1.82) is 0 Å². The molecule has 3 N–H and O–H groups in total. The molecule has 1 aliphatic heterocycles. The summed E-state index contributed by atoms with van der Waals surface area (Å²) in [5.41, 5.74) is 7.79. The summed E-state index contributed by atoms with van der Waals surface area (Å²) >= 11 is 0. The van der Waals surface area contributed by atoms with Crippen LogP contribution in [0.15, 0.2) is 30.5 Å². The Labute approximate surface area is 118 Å². The van der Waals surface area contributed by atoms with E-state index < -0.39 is 6.10 Å². The second-order valence-corrected chi connectivity index (χ2v) is 5.23. The average molecular weight is 273 g/mol. The van der Waals surface area contributed by atoms with E-state index >= 15 is 0 Å². The summed E-state index contributed by atoms with van der Waals surface area (Å²) in [5, 5.41) is 14.5. The van der Waals surface area contributed by atoms with Gasteiger partial charge in [0.1, 0.15) is 11.6 Å². The number of benzene rings is 1. The molecule has 2 unspecified atom stereocenters. The summed E-state index contributed by atoms with van der Waals surface area (Å²) in [7, 11) is 1.77. The maximum absolute atomic E-state index is 10.4. The number of ether oxygens (including phenoxy) is 1. The largest absolute Gasteiger partial charge is 0.493 e. The van der Waals surface area contributed by atoms with Gasteiger partial charge in [-0.3, -0.25) is 4.68 Å². The minimum atomic E-state index is -0.597. The Morgan fingerprint density at radius 3 is 3.05 bits per heavy atom. The minimum absolute atomic E-state index is 0.287. The Kier molecular flexibility index (Phi) is 3.36. The highest BCUT2D eigenvalue weighted by molar-refractivity contribution is 5.41. The van der Waals surface area contributed by atoms with Gasteiger partial charge in [-0.2, -0.15) is 5.10 Å². The van der Waals surface area contributed by atoms with Crippen LogP contribution in [0.4, 0.5) is 5.82 Å². The van der Waals surface area contributed by atoms with Gasteiger partial charge in [-0.05, 0) is 30.4 Å². The van der Waals surface area contributed by atoms with Gasteiger partial charge in [-0.25, -0.2) is 0 Å². The van der Waals surface area contributed by atoms with Crippen molar-refractivity contribution in [2.45, 2.75) is 24.9 Å². The van der Waals surface area contributed by atoms with Gasteiger partial charge in [-0.15, -0.1) is 0 Å². The number of rotatable bonds is 3. The molecule has 5 heteroatoms. The maximum atomic E-state index is 10.4. The van der Waals surface area contributed by atoms with Crippen molar-refractivity contribution in [3.05, 3.63) is 41.6 Å². The lowest BCUT2D eigenvalue weighted by Gasteiger charge is -2.27. The van der Waals surface area contributed by atoms with Crippen LogP contribution in [0.5, 0.6) is 5.75 Å². The monoisotopic (exact) mass is 273 g/mol. The zero-order valence-corrected chi connectivity index (χ0v) is 11.5. The lowest BCUT2D eigenvalue weighted by Crippen LogP contribution is -2.16. The van der Waals surface area contributed by atoms with Crippen molar-refractivity contribution in [3.63, 3.8) is 0 Å². The summed E-state index contributed by atoms with van der Waals surface area (Å²) in [4.78, 5) is 0. The lowest BCUT2D eigenvalue weighted by atomic mass is 9.87. The molecule has 0 amide bonds. The van der Waals surface area contributed by atoms with Crippen LogP contribution < -0.4 is 10.5 Å². The van der Waals surface area contributed by atoms with Crippen molar-refractivity contribution in [3.8, 4) is 5.75 Å². The van der Waals surface area contributed by atoms with Gasteiger partial charge < -0.3 is 15.6 Å². The number of aryl methyl sites for hydroxylation is 1. The van der Waals surface area contributed by atoms with Crippen LogP contribution in [0.25, 0.3) is 0 Å². The molecule has 2 heterocycles. The number of anilines is 1. The van der Waals surface area contributed by atoms with Gasteiger partial charge >= 0.3 is 0 Å². The normalized spacial score (nSPS) is 19.2. The van der Waals surface area contributed by atoms with Crippen molar-refractivity contribution in [1.82, 2.24) is 9.78 Å². The molecule has 5 nitrogen and oxygen atoms in total. The molecule has 0 bridgehead atoms. The first kappa shape index (κ1) is 13.0. The first-order chi connectivity index (χ1) is 9.66. The molecule has 0 saturated carbocycles. The van der Waals surface area contributed by atoms with Gasteiger partial charge in [-0.1, -0.05) is 18.2 Å². The predicted octanol–water partition coefficient (Wildman–Crippen LogP) is 1.99. The third-order valence-corrected chi connectivity index (χ3v) is 3.96. The molecule has 0 saturated heterocycles. The van der Waals surface area contributed by atoms with Crippen molar-refractivity contribution >= 4 is 5.82 Å². The number of aromatic nitrogens is 2. The van der Waals surface area contributed by atoms with Crippen molar-refractivity contribution in [2.75, 3.05) is 12.3 Å². The Morgan fingerprint density at radius 2 is 2.30 bits per heavy atom.